The first-order chi connectivity index (χ1) is 8.11. The highest BCUT2D eigenvalue weighted by Gasteiger charge is 2.05. The summed E-state index contributed by atoms with van der Waals surface area (Å²) in [6.45, 7) is 5.25. The molecule has 1 atom stereocenters. The van der Waals surface area contributed by atoms with Gasteiger partial charge in [-0.25, -0.2) is 0 Å². The quantitative estimate of drug-likeness (QED) is 0.738. The molecule has 1 amide bonds. The Hall–Kier alpha value is -1.00. The topological polar surface area (TPSA) is 54.3 Å². The second kappa shape index (κ2) is 7.35. The predicted octanol–water partition coefficient (Wildman–Crippen LogP) is 2.33. The van der Waals surface area contributed by atoms with Gasteiger partial charge in [-0.15, -0.1) is 0 Å². The lowest BCUT2D eigenvalue weighted by Crippen LogP contribution is -2.33. The molecule has 0 saturated carbocycles. The molecule has 0 radical (unpaired) electrons. The van der Waals surface area contributed by atoms with Gasteiger partial charge in [0.05, 0.1) is 6.54 Å². The average molecular weight is 259 g/mol. The summed E-state index contributed by atoms with van der Waals surface area (Å²) in [6.07, 6.45) is 1.42. The smallest absolute Gasteiger partial charge is 0.221 e. The van der Waals surface area contributed by atoms with E-state index >= 15 is 0 Å². The number of halogens is 1. The zero-order valence-corrected chi connectivity index (χ0v) is 11.0. The van der Waals surface area contributed by atoms with E-state index in [1.165, 1.54) is 0 Å². The fourth-order valence-corrected chi connectivity index (χ4v) is 1.47. The molecule has 2 N–H and O–H groups in total. The van der Waals surface area contributed by atoms with E-state index in [0.29, 0.717) is 24.7 Å². The Labute approximate surface area is 107 Å². The first-order valence-corrected chi connectivity index (χ1v) is 6.24. The van der Waals surface area contributed by atoms with Gasteiger partial charge in [0.2, 0.25) is 5.91 Å². The molecule has 0 spiro atoms. The van der Waals surface area contributed by atoms with Gasteiger partial charge in [0, 0.05) is 19.0 Å². The number of hydrogen-bond acceptors (Lipinski definition) is 3. The van der Waals surface area contributed by atoms with Crippen LogP contribution in [-0.2, 0) is 11.3 Å². The third kappa shape index (κ3) is 5.75. The normalized spacial score (nSPS) is 12.4. The third-order valence-corrected chi connectivity index (χ3v) is 2.68. The van der Waals surface area contributed by atoms with E-state index in [-0.39, 0.29) is 11.9 Å². The monoisotopic (exact) mass is 258 g/mol. The van der Waals surface area contributed by atoms with Crippen LogP contribution >= 0.6 is 11.6 Å². The van der Waals surface area contributed by atoms with E-state index in [9.17, 15) is 4.79 Å². The van der Waals surface area contributed by atoms with Gasteiger partial charge in [0.15, 0.2) is 5.22 Å². The van der Waals surface area contributed by atoms with E-state index < -0.39 is 0 Å². The lowest BCUT2D eigenvalue weighted by Gasteiger charge is -2.11. The summed E-state index contributed by atoms with van der Waals surface area (Å²) in [5.41, 5.74) is 0. The molecule has 0 fully saturated rings. The Morgan fingerprint density at radius 2 is 2.29 bits per heavy atom. The minimum atomic E-state index is 0.0735. The standard InChI is InChI=1S/C12H19ClN2O2/c1-3-9(2)15-12(16)6-7-14-8-10-4-5-11(13)17-10/h4-5,9,14H,3,6-8H2,1-2H3,(H,15,16). The summed E-state index contributed by atoms with van der Waals surface area (Å²) >= 11 is 5.64. The number of furan rings is 1. The average Bonchev–Trinajstić information content (AvgIpc) is 2.70. The van der Waals surface area contributed by atoms with Gasteiger partial charge in [-0.2, -0.15) is 0 Å². The zero-order chi connectivity index (χ0) is 12.7. The second-order valence-corrected chi connectivity index (χ2v) is 4.38. The maximum Gasteiger partial charge on any atom is 0.221 e. The van der Waals surface area contributed by atoms with Crippen LogP contribution in [0, 0.1) is 0 Å². The molecule has 0 bridgehead atoms. The molecule has 0 aliphatic carbocycles. The van der Waals surface area contributed by atoms with E-state index in [0.717, 1.165) is 12.2 Å². The fraction of sp³-hybridized carbons (Fsp3) is 0.583. The van der Waals surface area contributed by atoms with Crippen molar-refractivity contribution in [2.24, 2.45) is 0 Å². The summed E-state index contributed by atoms with van der Waals surface area (Å²) in [7, 11) is 0. The number of amides is 1. The molecule has 1 aromatic rings. The Morgan fingerprint density at radius 3 is 2.88 bits per heavy atom. The van der Waals surface area contributed by atoms with Crippen LogP contribution in [-0.4, -0.2) is 18.5 Å². The molecule has 0 saturated heterocycles. The van der Waals surface area contributed by atoms with E-state index in [4.69, 9.17) is 16.0 Å². The van der Waals surface area contributed by atoms with Gasteiger partial charge in [-0.1, -0.05) is 6.92 Å². The van der Waals surface area contributed by atoms with Gasteiger partial charge in [0.1, 0.15) is 5.76 Å². The highest BCUT2D eigenvalue weighted by atomic mass is 35.5. The van der Waals surface area contributed by atoms with Crippen LogP contribution in [0.25, 0.3) is 0 Å². The van der Waals surface area contributed by atoms with Crippen LogP contribution in [0.15, 0.2) is 16.5 Å². The Balaban J connectivity index is 2.10. The number of carbonyl (C=O) groups is 1. The molecule has 1 heterocycles. The van der Waals surface area contributed by atoms with Gasteiger partial charge in [0.25, 0.3) is 0 Å². The van der Waals surface area contributed by atoms with Gasteiger partial charge in [-0.05, 0) is 37.1 Å². The zero-order valence-electron chi connectivity index (χ0n) is 10.3. The van der Waals surface area contributed by atoms with Gasteiger partial charge in [-0.3, -0.25) is 4.79 Å². The molecule has 17 heavy (non-hydrogen) atoms. The Kier molecular flexibility index (Phi) is 6.08. The lowest BCUT2D eigenvalue weighted by atomic mass is 10.2. The summed E-state index contributed by atoms with van der Waals surface area (Å²) in [5, 5.41) is 6.42. The maximum absolute atomic E-state index is 11.4. The molecule has 4 nitrogen and oxygen atoms in total. The first-order valence-electron chi connectivity index (χ1n) is 5.86. The number of hydrogen-bond donors (Lipinski definition) is 2. The van der Waals surface area contributed by atoms with Crippen LogP contribution in [0.5, 0.6) is 0 Å². The van der Waals surface area contributed by atoms with Crippen LogP contribution in [0.1, 0.15) is 32.4 Å². The van der Waals surface area contributed by atoms with Gasteiger partial charge < -0.3 is 15.1 Å². The Morgan fingerprint density at radius 1 is 1.53 bits per heavy atom. The van der Waals surface area contributed by atoms with Crippen molar-refractivity contribution in [3.63, 3.8) is 0 Å². The summed E-state index contributed by atoms with van der Waals surface area (Å²) in [5.74, 6) is 0.849. The molecule has 5 heteroatoms. The van der Waals surface area contributed by atoms with Crippen LogP contribution in [0.4, 0.5) is 0 Å². The van der Waals surface area contributed by atoms with Crippen molar-refractivity contribution in [2.45, 2.75) is 39.3 Å². The summed E-state index contributed by atoms with van der Waals surface area (Å²) in [6, 6.07) is 3.76. The maximum atomic E-state index is 11.4. The molecule has 1 rings (SSSR count). The second-order valence-electron chi connectivity index (χ2n) is 4.01. The SMILES string of the molecule is CCC(C)NC(=O)CCNCc1ccc(Cl)o1. The van der Waals surface area contributed by atoms with Crippen molar-refractivity contribution >= 4 is 17.5 Å². The molecule has 1 unspecified atom stereocenters. The predicted molar refractivity (Wildman–Crippen MR) is 67.9 cm³/mol. The molecule has 0 aliphatic rings. The highest BCUT2D eigenvalue weighted by molar-refractivity contribution is 6.28. The van der Waals surface area contributed by atoms with Crippen molar-refractivity contribution in [2.75, 3.05) is 6.54 Å². The third-order valence-electron chi connectivity index (χ3n) is 2.48. The first kappa shape index (κ1) is 14.1. The minimum absolute atomic E-state index is 0.0735. The number of rotatable bonds is 7. The highest BCUT2D eigenvalue weighted by Crippen LogP contribution is 2.12. The Bertz CT molecular complexity index is 352. The van der Waals surface area contributed by atoms with Crippen LogP contribution in [0.3, 0.4) is 0 Å². The van der Waals surface area contributed by atoms with E-state index in [1.807, 2.05) is 19.9 Å². The summed E-state index contributed by atoms with van der Waals surface area (Å²) in [4.78, 5) is 11.4. The summed E-state index contributed by atoms with van der Waals surface area (Å²) < 4.78 is 5.17. The fourth-order valence-electron chi connectivity index (χ4n) is 1.31. The van der Waals surface area contributed by atoms with Crippen LogP contribution < -0.4 is 10.6 Å². The molecule has 0 aromatic carbocycles. The van der Waals surface area contributed by atoms with Crippen molar-refractivity contribution in [3.05, 3.63) is 23.1 Å². The van der Waals surface area contributed by atoms with Crippen LogP contribution in [0.2, 0.25) is 5.22 Å². The number of nitrogens with one attached hydrogen (secondary N) is 2. The minimum Gasteiger partial charge on any atom is -0.448 e. The molecule has 0 aliphatic heterocycles. The van der Waals surface area contributed by atoms with Crippen molar-refractivity contribution in [1.29, 1.82) is 0 Å². The lowest BCUT2D eigenvalue weighted by molar-refractivity contribution is -0.121. The van der Waals surface area contributed by atoms with Crippen molar-refractivity contribution < 1.29 is 9.21 Å². The van der Waals surface area contributed by atoms with E-state index in [1.54, 1.807) is 6.07 Å². The van der Waals surface area contributed by atoms with Crippen molar-refractivity contribution in [1.82, 2.24) is 10.6 Å². The molecule has 1 aromatic heterocycles. The number of carbonyl (C=O) groups excluding carboxylic acids is 1. The van der Waals surface area contributed by atoms with Crippen molar-refractivity contribution in [3.8, 4) is 0 Å². The van der Waals surface area contributed by atoms with Gasteiger partial charge >= 0.3 is 0 Å². The largest absolute Gasteiger partial charge is 0.448 e. The van der Waals surface area contributed by atoms with E-state index in [2.05, 4.69) is 10.6 Å². The molecule has 96 valence electrons. The molecular weight excluding hydrogens is 240 g/mol. The molecular formula is C12H19ClN2O2.